The molecule has 2 aromatic rings. The van der Waals surface area contributed by atoms with Crippen LogP contribution in [-0.4, -0.2) is 66.9 Å². The Balaban J connectivity index is 2.08. The molecule has 2 rings (SSSR count). The number of amides is 2. The van der Waals surface area contributed by atoms with E-state index in [0.29, 0.717) is 45.6 Å². The molecule has 0 saturated heterocycles. The number of hydrogen-bond donors (Lipinski definition) is 2. The van der Waals surface area contributed by atoms with Crippen LogP contribution < -0.4 is 39.3 Å². The summed E-state index contributed by atoms with van der Waals surface area (Å²) in [4.78, 5) is 25.2. The van der Waals surface area contributed by atoms with Gasteiger partial charge >= 0.3 is 0 Å². The lowest BCUT2D eigenvalue weighted by Crippen LogP contribution is -2.37. The van der Waals surface area contributed by atoms with Gasteiger partial charge < -0.3 is 28.4 Å². The van der Waals surface area contributed by atoms with E-state index in [2.05, 4.69) is 21.1 Å². The second-order valence-electron chi connectivity index (χ2n) is 7.31. The van der Waals surface area contributed by atoms with Crippen molar-refractivity contribution < 1.29 is 38.0 Å². The molecule has 37 heavy (non-hydrogen) atoms. The second kappa shape index (κ2) is 14.2. The van der Waals surface area contributed by atoms with Crippen molar-refractivity contribution in [2.45, 2.75) is 13.3 Å². The predicted octanol–water partition coefficient (Wildman–Crippen LogP) is 2.36. The van der Waals surface area contributed by atoms with E-state index >= 15 is 0 Å². The summed E-state index contributed by atoms with van der Waals surface area (Å²) in [6.07, 6.45) is 3.01. The third-order valence-corrected chi connectivity index (χ3v) is 5.23. The van der Waals surface area contributed by atoms with E-state index in [-0.39, 0.29) is 6.42 Å². The molecule has 2 N–H and O–H groups in total. The summed E-state index contributed by atoms with van der Waals surface area (Å²) in [5.41, 5.74) is 5.87. The Labute approximate surface area is 215 Å². The Morgan fingerprint density at radius 3 is 1.70 bits per heavy atom. The molecule has 0 unspecified atom stereocenters. The van der Waals surface area contributed by atoms with Gasteiger partial charge in [0.1, 0.15) is 5.92 Å². The third-order valence-electron chi connectivity index (χ3n) is 5.23. The van der Waals surface area contributed by atoms with E-state index in [9.17, 15) is 9.59 Å². The molecule has 0 radical (unpaired) electrons. The van der Waals surface area contributed by atoms with Gasteiger partial charge in [0, 0.05) is 11.1 Å². The molecule has 0 aliphatic heterocycles. The van der Waals surface area contributed by atoms with Crippen LogP contribution in [0.4, 0.5) is 0 Å². The van der Waals surface area contributed by atoms with Gasteiger partial charge in [0.25, 0.3) is 11.8 Å². The van der Waals surface area contributed by atoms with Gasteiger partial charge in [-0.05, 0) is 30.7 Å². The summed E-state index contributed by atoms with van der Waals surface area (Å²) >= 11 is 0. The van der Waals surface area contributed by atoms with Gasteiger partial charge in [0.05, 0.1) is 55.1 Å². The summed E-state index contributed by atoms with van der Waals surface area (Å²) in [6.45, 7) is 1.70. The Kier molecular flexibility index (Phi) is 11.0. The molecule has 12 nitrogen and oxygen atoms in total. The molecule has 200 valence electrons. The highest BCUT2D eigenvalue weighted by atomic mass is 16.5. The maximum absolute atomic E-state index is 12.6. The molecule has 2 amide bonds. The molecular weight excluding hydrogens is 484 g/mol. The number of nitrogens with one attached hydrogen (secondary N) is 2. The average Bonchev–Trinajstić information content (AvgIpc) is 2.92. The van der Waals surface area contributed by atoms with Crippen LogP contribution in [0, 0.1) is 5.92 Å². The number of nitrogens with zero attached hydrogens (tertiary/aromatic N) is 2. The smallest absolute Gasteiger partial charge is 0.252 e. The van der Waals surface area contributed by atoms with Gasteiger partial charge in [-0.1, -0.05) is 6.92 Å². The maximum atomic E-state index is 12.6. The molecule has 0 heterocycles. The van der Waals surface area contributed by atoms with Gasteiger partial charge in [0.15, 0.2) is 23.0 Å². The summed E-state index contributed by atoms with van der Waals surface area (Å²) in [6, 6.07) is 6.70. The topological polar surface area (TPSA) is 138 Å². The number of rotatable bonds is 13. The van der Waals surface area contributed by atoms with Crippen LogP contribution >= 0.6 is 0 Å². The van der Waals surface area contributed by atoms with Crippen molar-refractivity contribution in [3.63, 3.8) is 0 Å². The number of hydrogen-bond acceptors (Lipinski definition) is 10. The SMILES string of the molecule is CC[C@H](C(=O)N/N=C\c1cc(OC)c(OC)c(OC)c1)C(=O)N/N=C\c1ccc(OC)c(OC)c1OC. The van der Waals surface area contributed by atoms with Crippen LogP contribution in [0.3, 0.4) is 0 Å². The van der Waals surface area contributed by atoms with Crippen molar-refractivity contribution in [2.24, 2.45) is 16.1 Å². The first-order valence-corrected chi connectivity index (χ1v) is 11.1. The van der Waals surface area contributed by atoms with E-state index in [1.165, 1.54) is 55.1 Å². The van der Waals surface area contributed by atoms with E-state index < -0.39 is 17.7 Å². The van der Waals surface area contributed by atoms with Crippen molar-refractivity contribution in [3.05, 3.63) is 35.4 Å². The zero-order valence-corrected chi connectivity index (χ0v) is 21.9. The van der Waals surface area contributed by atoms with Crippen molar-refractivity contribution in [2.75, 3.05) is 42.7 Å². The summed E-state index contributed by atoms with van der Waals surface area (Å²) < 4.78 is 31.9. The molecule has 12 heteroatoms. The number of benzene rings is 2. The van der Waals surface area contributed by atoms with E-state index in [1.807, 2.05) is 0 Å². The molecule has 0 aromatic heterocycles. The fourth-order valence-corrected chi connectivity index (χ4v) is 3.38. The van der Waals surface area contributed by atoms with Crippen LogP contribution in [0.25, 0.3) is 0 Å². The van der Waals surface area contributed by atoms with Crippen molar-refractivity contribution in [1.82, 2.24) is 10.9 Å². The molecule has 0 spiro atoms. The summed E-state index contributed by atoms with van der Waals surface area (Å²) in [5, 5.41) is 7.90. The van der Waals surface area contributed by atoms with Gasteiger partial charge in [-0.3, -0.25) is 9.59 Å². The lowest BCUT2D eigenvalue weighted by molar-refractivity contribution is -0.135. The molecule has 2 aromatic carbocycles. The van der Waals surface area contributed by atoms with Crippen molar-refractivity contribution in [1.29, 1.82) is 0 Å². The molecular formula is C25H32N4O8. The Morgan fingerprint density at radius 1 is 0.730 bits per heavy atom. The van der Waals surface area contributed by atoms with E-state index in [1.54, 1.807) is 31.2 Å². The van der Waals surface area contributed by atoms with Gasteiger partial charge in [-0.25, -0.2) is 10.9 Å². The zero-order chi connectivity index (χ0) is 27.4. The molecule has 0 fully saturated rings. The van der Waals surface area contributed by atoms with Crippen LogP contribution in [0.1, 0.15) is 24.5 Å². The number of methoxy groups -OCH3 is 6. The molecule has 0 bridgehead atoms. The fraction of sp³-hybridized carbons (Fsp3) is 0.360. The lowest BCUT2D eigenvalue weighted by atomic mass is 10.1. The van der Waals surface area contributed by atoms with Gasteiger partial charge in [0.2, 0.25) is 11.5 Å². The first-order chi connectivity index (χ1) is 17.9. The minimum atomic E-state index is -1.03. The quantitative estimate of drug-likeness (QED) is 0.235. The first kappa shape index (κ1) is 28.8. The third kappa shape index (κ3) is 7.03. The lowest BCUT2D eigenvalue weighted by Gasteiger charge is -2.14. The molecule has 0 aliphatic carbocycles. The van der Waals surface area contributed by atoms with Crippen LogP contribution in [0.5, 0.6) is 34.5 Å². The molecule has 1 atom stereocenters. The monoisotopic (exact) mass is 516 g/mol. The largest absolute Gasteiger partial charge is 0.493 e. The Hall–Kier alpha value is -4.48. The highest BCUT2D eigenvalue weighted by Gasteiger charge is 2.24. The average molecular weight is 517 g/mol. The van der Waals surface area contributed by atoms with Gasteiger partial charge in [-0.15, -0.1) is 0 Å². The normalized spacial score (nSPS) is 11.6. The minimum Gasteiger partial charge on any atom is -0.493 e. The Bertz CT molecular complexity index is 1120. The maximum Gasteiger partial charge on any atom is 0.252 e. The highest BCUT2D eigenvalue weighted by molar-refractivity contribution is 6.01. The summed E-state index contributed by atoms with van der Waals surface area (Å²) in [5.74, 6) is 0.328. The highest BCUT2D eigenvalue weighted by Crippen LogP contribution is 2.39. The fourth-order valence-electron chi connectivity index (χ4n) is 3.38. The van der Waals surface area contributed by atoms with E-state index in [0.717, 1.165) is 0 Å². The zero-order valence-electron chi connectivity index (χ0n) is 21.9. The standard InChI is InChI=1S/C25H32N4O8/c1-8-17(24(30)28-26-13-15-11-19(33-3)22(36-6)20(12-15)34-4)25(31)29-27-14-16-9-10-18(32-2)23(37-7)21(16)35-5/h9-14,17H,8H2,1-7H3,(H,28,30)(H,29,31)/b26-13-,27-14-/t17-/m1/s1. The van der Waals surface area contributed by atoms with Crippen LogP contribution in [0.15, 0.2) is 34.5 Å². The number of ether oxygens (including phenoxy) is 6. The predicted molar refractivity (Wildman–Crippen MR) is 137 cm³/mol. The number of carbonyl (C=O) groups is 2. The first-order valence-electron chi connectivity index (χ1n) is 11.1. The minimum absolute atomic E-state index is 0.229. The van der Waals surface area contributed by atoms with Crippen LogP contribution in [-0.2, 0) is 9.59 Å². The summed E-state index contributed by atoms with van der Waals surface area (Å²) in [7, 11) is 8.96. The van der Waals surface area contributed by atoms with Crippen molar-refractivity contribution >= 4 is 24.2 Å². The number of hydrazone groups is 2. The van der Waals surface area contributed by atoms with E-state index in [4.69, 9.17) is 28.4 Å². The van der Waals surface area contributed by atoms with Crippen LogP contribution in [0.2, 0.25) is 0 Å². The van der Waals surface area contributed by atoms with Gasteiger partial charge in [-0.2, -0.15) is 10.2 Å². The Morgan fingerprint density at radius 2 is 1.24 bits per heavy atom. The number of carbonyl (C=O) groups excluding carboxylic acids is 2. The molecule has 0 aliphatic rings. The molecule has 0 saturated carbocycles. The van der Waals surface area contributed by atoms with Crippen molar-refractivity contribution in [3.8, 4) is 34.5 Å². The second-order valence-corrected chi connectivity index (χ2v) is 7.31.